The van der Waals surface area contributed by atoms with Crippen LogP contribution in [0.25, 0.3) is 32.9 Å². The number of nitrogens with zero attached hydrogens (tertiary/aromatic N) is 7. The molecule has 7 heteroatoms. The molecule has 0 N–H and O–H groups in total. The van der Waals surface area contributed by atoms with Crippen molar-refractivity contribution in [2.75, 3.05) is 32.1 Å². The molecule has 172 valence electrons. The molecule has 4 heterocycles. The van der Waals surface area contributed by atoms with Crippen LogP contribution in [0.2, 0.25) is 0 Å². The summed E-state index contributed by atoms with van der Waals surface area (Å²) in [7, 11) is 4.31. The summed E-state index contributed by atoms with van der Waals surface area (Å²) in [5.74, 6) is 0.912. The van der Waals surface area contributed by atoms with Crippen LogP contribution >= 0.6 is 0 Å². The number of anilines is 1. The van der Waals surface area contributed by atoms with E-state index in [1.54, 1.807) is 0 Å². The Hall–Kier alpha value is -3.76. The molecule has 1 aliphatic rings. The number of benzene rings is 1. The van der Waals surface area contributed by atoms with Gasteiger partial charge in [0.2, 0.25) is 5.95 Å². The van der Waals surface area contributed by atoms with E-state index in [9.17, 15) is 0 Å². The second-order valence-electron chi connectivity index (χ2n) is 9.22. The van der Waals surface area contributed by atoms with Crippen molar-refractivity contribution in [2.45, 2.75) is 32.7 Å². The predicted molar refractivity (Wildman–Crippen MR) is 136 cm³/mol. The van der Waals surface area contributed by atoms with Crippen molar-refractivity contribution in [3.05, 3.63) is 71.6 Å². The topological polar surface area (TPSA) is 53.9 Å². The third-order valence-corrected chi connectivity index (χ3v) is 6.90. The molecule has 0 amide bonds. The summed E-state index contributed by atoms with van der Waals surface area (Å²) >= 11 is 0. The molecule has 4 aromatic rings. The number of aromatic nitrogens is 4. The molecule has 5 rings (SSSR count). The molecular weight excluding hydrogens is 422 g/mol. The van der Waals surface area contributed by atoms with E-state index in [0.29, 0.717) is 11.7 Å². The molecule has 34 heavy (non-hydrogen) atoms. The van der Waals surface area contributed by atoms with E-state index in [4.69, 9.17) is 16.5 Å². The molecule has 0 aliphatic carbocycles. The Morgan fingerprint density at radius 2 is 1.76 bits per heavy atom. The third kappa shape index (κ3) is 3.91. The van der Waals surface area contributed by atoms with Gasteiger partial charge in [-0.1, -0.05) is 24.3 Å². The van der Waals surface area contributed by atoms with Gasteiger partial charge >= 0.3 is 0 Å². The van der Waals surface area contributed by atoms with Crippen LogP contribution < -0.4 is 4.90 Å². The number of pyridine rings is 1. The maximum absolute atomic E-state index is 7.32. The Morgan fingerprint density at radius 3 is 2.41 bits per heavy atom. The van der Waals surface area contributed by atoms with E-state index >= 15 is 0 Å². The monoisotopic (exact) mass is 451 g/mol. The summed E-state index contributed by atoms with van der Waals surface area (Å²) in [6, 6.07) is 10.4. The first-order chi connectivity index (χ1) is 16.5. The highest BCUT2D eigenvalue weighted by atomic mass is 15.3. The quantitative estimate of drug-likeness (QED) is 0.401. The van der Waals surface area contributed by atoms with Crippen molar-refractivity contribution in [2.24, 2.45) is 0 Å². The highest BCUT2D eigenvalue weighted by Crippen LogP contribution is 2.37. The van der Waals surface area contributed by atoms with Crippen LogP contribution in [-0.2, 0) is 0 Å². The summed E-state index contributed by atoms with van der Waals surface area (Å²) in [6.45, 7) is 13.3. The van der Waals surface area contributed by atoms with E-state index in [2.05, 4.69) is 51.1 Å². The van der Waals surface area contributed by atoms with Gasteiger partial charge in [-0.15, -0.1) is 0 Å². The molecule has 7 nitrogen and oxygen atoms in total. The summed E-state index contributed by atoms with van der Waals surface area (Å²) in [6.07, 6.45) is 7.95. The van der Waals surface area contributed by atoms with Crippen molar-refractivity contribution in [1.82, 2.24) is 24.3 Å². The Labute approximate surface area is 200 Å². The lowest BCUT2D eigenvalue weighted by Gasteiger charge is -2.36. The minimum atomic E-state index is 0.594. The lowest BCUT2D eigenvalue weighted by molar-refractivity contribution is 0.249. The van der Waals surface area contributed by atoms with E-state index in [1.165, 1.54) is 0 Å². The normalized spacial score (nSPS) is 14.6. The SMILES string of the molecule is [C-]#[N+]c1ccc(-c2nc(N3CCC(N(C)C)CC3)n3ccnc3c2-c2cnc(C)c(C)c2)cc1. The summed E-state index contributed by atoms with van der Waals surface area (Å²) in [4.78, 5) is 22.9. The van der Waals surface area contributed by atoms with E-state index in [1.807, 2.05) is 49.8 Å². The standard InChI is InChI=1S/C27H29N7/c1-18-16-21(17-30-19(18)2)24-25(20-6-8-22(28-3)9-7-20)31-27(34-15-12-29-26(24)34)33-13-10-23(11-14-33)32(4)5/h6-9,12,15-17,23H,10-11,13-14H2,1-2,4-5H3. The lowest BCUT2D eigenvalue weighted by atomic mass is 9.99. The molecule has 1 aromatic carbocycles. The number of fused-ring (bicyclic) bond motifs is 1. The highest BCUT2D eigenvalue weighted by molar-refractivity contribution is 5.91. The molecule has 0 radical (unpaired) electrons. The maximum atomic E-state index is 7.32. The van der Waals surface area contributed by atoms with E-state index in [-0.39, 0.29) is 0 Å². The molecule has 0 spiro atoms. The first-order valence-electron chi connectivity index (χ1n) is 11.7. The van der Waals surface area contributed by atoms with Crippen LogP contribution in [0.3, 0.4) is 0 Å². The van der Waals surface area contributed by atoms with Crippen LogP contribution in [0.15, 0.2) is 48.9 Å². The van der Waals surface area contributed by atoms with Gasteiger partial charge in [0.1, 0.15) is 5.65 Å². The number of piperidine rings is 1. The van der Waals surface area contributed by atoms with Gasteiger partial charge in [0.05, 0.1) is 17.8 Å². The fraction of sp³-hybridized carbons (Fsp3) is 0.333. The van der Waals surface area contributed by atoms with Crippen LogP contribution in [0.4, 0.5) is 11.6 Å². The maximum Gasteiger partial charge on any atom is 0.211 e. The average Bonchev–Trinajstić information content (AvgIpc) is 3.35. The van der Waals surface area contributed by atoms with Gasteiger partial charge in [0, 0.05) is 49.0 Å². The number of imidazole rings is 1. The van der Waals surface area contributed by atoms with Crippen LogP contribution in [0.5, 0.6) is 0 Å². The fourth-order valence-corrected chi connectivity index (χ4v) is 4.72. The predicted octanol–water partition coefficient (Wildman–Crippen LogP) is 5.16. The minimum Gasteiger partial charge on any atom is -0.342 e. The first-order valence-corrected chi connectivity index (χ1v) is 11.7. The summed E-state index contributed by atoms with van der Waals surface area (Å²) in [5.41, 5.74) is 7.42. The number of aryl methyl sites for hydroxylation is 2. The van der Waals surface area contributed by atoms with Gasteiger partial charge in [-0.3, -0.25) is 9.38 Å². The molecule has 1 fully saturated rings. The number of hydrogen-bond acceptors (Lipinski definition) is 5. The number of hydrogen-bond donors (Lipinski definition) is 0. The Balaban J connectivity index is 1.70. The molecule has 0 bridgehead atoms. The highest BCUT2D eigenvalue weighted by Gasteiger charge is 2.26. The molecule has 0 atom stereocenters. The van der Waals surface area contributed by atoms with Gasteiger partial charge in [-0.25, -0.2) is 14.8 Å². The van der Waals surface area contributed by atoms with Crippen molar-refractivity contribution < 1.29 is 0 Å². The van der Waals surface area contributed by atoms with E-state index in [0.717, 1.165) is 71.2 Å². The van der Waals surface area contributed by atoms with Gasteiger partial charge in [0.25, 0.3) is 0 Å². The smallest absolute Gasteiger partial charge is 0.211 e. The first kappa shape index (κ1) is 22.1. The van der Waals surface area contributed by atoms with Crippen LogP contribution in [0, 0.1) is 20.4 Å². The minimum absolute atomic E-state index is 0.594. The largest absolute Gasteiger partial charge is 0.342 e. The van der Waals surface area contributed by atoms with Crippen LogP contribution in [0.1, 0.15) is 24.1 Å². The molecular formula is C27H29N7. The second kappa shape index (κ2) is 8.88. The van der Waals surface area contributed by atoms with Gasteiger partial charge in [-0.05, 0) is 58.0 Å². The average molecular weight is 452 g/mol. The summed E-state index contributed by atoms with van der Waals surface area (Å²) in [5, 5.41) is 0. The van der Waals surface area contributed by atoms with Gasteiger partial charge in [0.15, 0.2) is 5.69 Å². The zero-order valence-corrected chi connectivity index (χ0v) is 20.2. The van der Waals surface area contributed by atoms with Crippen molar-refractivity contribution in [3.63, 3.8) is 0 Å². The Kier molecular flexibility index (Phi) is 5.76. The second-order valence-corrected chi connectivity index (χ2v) is 9.22. The zero-order chi connectivity index (χ0) is 23.8. The molecule has 1 saturated heterocycles. The lowest BCUT2D eigenvalue weighted by Crippen LogP contribution is -2.43. The zero-order valence-electron chi connectivity index (χ0n) is 20.2. The Bertz CT molecular complexity index is 1370. The van der Waals surface area contributed by atoms with Crippen LogP contribution in [-0.4, -0.2) is 57.5 Å². The fourth-order valence-electron chi connectivity index (χ4n) is 4.72. The van der Waals surface area contributed by atoms with E-state index < -0.39 is 0 Å². The van der Waals surface area contributed by atoms with Gasteiger partial charge in [-0.2, -0.15) is 0 Å². The van der Waals surface area contributed by atoms with Crippen molar-refractivity contribution >= 4 is 17.3 Å². The van der Waals surface area contributed by atoms with Crippen molar-refractivity contribution in [3.8, 4) is 22.4 Å². The Morgan fingerprint density at radius 1 is 1.03 bits per heavy atom. The third-order valence-electron chi connectivity index (χ3n) is 6.90. The summed E-state index contributed by atoms with van der Waals surface area (Å²) < 4.78 is 2.11. The molecule has 3 aromatic heterocycles. The van der Waals surface area contributed by atoms with Gasteiger partial charge < -0.3 is 9.80 Å². The molecule has 1 aliphatic heterocycles. The van der Waals surface area contributed by atoms with Crippen molar-refractivity contribution in [1.29, 1.82) is 0 Å². The molecule has 0 saturated carbocycles. The number of rotatable bonds is 4. The molecule has 0 unspecified atom stereocenters.